The lowest BCUT2D eigenvalue weighted by Gasteiger charge is -2.15. The molecule has 1 amide bonds. The molecule has 4 aromatic rings. The molecule has 5 rings (SSSR count). The Morgan fingerprint density at radius 2 is 1.76 bits per heavy atom. The van der Waals surface area contributed by atoms with Crippen molar-refractivity contribution >= 4 is 28.6 Å². The largest absolute Gasteiger partial charge is 0.433 e. The molecule has 1 fully saturated rings. The van der Waals surface area contributed by atoms with Crippen LogP contribution in [-0.2, 0) is 6.18 Å². The van der Waals surface area contributed by atoms with Crippen LogP contribution >= 0.6 is 0 Å². The number of anilines is 2. The minimum atomic E-state index is -4.50. The highest BCUT2D eigenvalue weighted by Crippen LogP contribution is 2.29. The standard InChI is InChI=1S/C22H18F3N7O/c23-22(24,25)17-5-3-13(10-26-17)20-29-15-9-19(28-12-16(15)30-20)31-18-6-4-14(11-27-18)21(33)32-7-1-2-8-32/h3-6,9-12H,1-2,7-8H2,(H,29,30)(H,27,28,31). The van der Waals surface area contributed by atoms with Gasteiger partial charge in [-0.05, 0) is 37.1 Å². The fourth-order valence-corrected chi connectivity index (χ4v) is 3.64. The molecule has 4 aromatic heterocycles. The smallest absolute Gasteiger partial charge is 0.339 e. The van der Waals surface area contributed by atoms with Crippen LogP contribution in [0.5, 0.6) is 0 Å². The van der Waals surface area contributed by atoms with E-state index < -0.39 is 11.9 Å². The van der Waals surface area contributed by atoms with E-state index in [1.165, 1.54) is 12.3 Å². The Bertz CT molecular complexity index is 1290. The summed E-state index contributed by atoms with van der Waals surface area (Å²) in [5, 5.41) is 3.07. The molecule has 8 nitrogen and oxygen atoms in total. The fraction of sp³-hybridized carbons (Fsp3) is 0.227. The van der Waals surface area contributed by atoms with Crippen molar-refractivity contribution in [2.24, 2.45) is 0 Å². The van der Waals surface area contributed by atoms with Crippen molar-refractivity contribution in [1.29, 1.82) is 0 Å². The number of likely N-dealkylation sites (tertiary alicyclic amines) is 1. The van der Waals surface area contributed by atoms with Crippen LogP contribution in [0.15, 0.2) is 48.9 Å². The quantitative estimate of drug-likeness (QED) is 0.475. The second-order valence-corrected chi connectivity index (χ2v) is 7.66. The topological polar surface area (TPSA) is 99.7 Å². The van der Waals surface area contributed by atoms with Crippen LogP contribution in [-0.4, -0.2) is 48.8 Å². The number of pyridine rings is 3. The summed E-state index contributed by atoms with van der Waals surface area (Å²) in [5.74, 6) is 1.36. The molecule has 0 aliphatic carbocycles. The number of aromatic nitrogens is 5. The summed E-state index contributed by atoms with van der Waals surface area (Å²) < 4.78 is 38.2. The van der Waals surface area contributed by atoms with E-state index in [0.717, 1.165) is 38.2 Å². The third kappa shape index (κ3) is 4.34. The van der Waals surface area contributed by atoms with Gasteiger partial charge in [-0.1, -0.05) is 0 Å². The molecule has 0 spiro atoms. The van der Waals surface area contributed by atoms with E-state index in [9.17, 15) is 18.0 Å². The number of carbonyl (C=O) groups is 1. The van der Waals surface area contributed by atoms with Crippen LogP contribution in [0.25, 0.3) is 22.4 Å². The van der Waals surface area contributed by atoms with E-state index in [1.807, 2.05) is 4.90 Å². The highest BCUT2D eigenvalue weighted by atomic mass is 19.4. The second-order valence-electron chi connectivity index (χ2n) is 7.66. The molecular formula is C22H18F3N7O. The number of rotatable bonds is 4. The van der Waals surface area contributed by atoms with Crippen molar-refractivity contribution in [3.8, 4) is 11.4 Å². The van der Waals surface area contributed by atoms with Crippen LogP contribution in [0, 0.1) is 0 Å². The van der Waals surface area contributed by atoms with Gasteiger partial charge in [0.2, 0.25) is 0 Å². The molecule has 33 heavy (non-hydrogen) atoms. The van der Waals surface area contributed by atoms with Crippen molar-refractivity contribution in [2.75, 3.05) is 18.4 Å². The van der Waals surface area contributed by atoms with Crippen LogP contribution in [0.2, 0.25) is 0 Å². The first-order chi connectivity index (χ1) is 15.9. The summed E-state index contributed by atoms with van der Waals surface area (Å²) in [6.07, 6.45) is 1.78. The van der Waals surface area contributed by atoms with Crippen LogP contribution in [0.3, 0.4) is 0 Å². The Balaban J connectivity index is 1.32. The minimum Gasteiger partial charge on any atom is -0.339 e. The summed E-state index contributed by atoms with van der Waals surface area (Å²) in [7, 11) is 0. The average molecular weight is 453 g/mol. The lowest BCUT2D eigenvalue weighted by Crippen LogP contribution is -2.27. The lowest BCUT2D eigenvalue weighted by molar-refractivity contribution is -0.141. The molecule has 1 saturated heterocycles. The van der Waals surface area contributed by atoms with E-state index in [-0.39, 0.29) is 5.91 Å². The number of carbonyl (C=O) groups excluding carboxylic acids is 1. The van der Waals surface area contributed by atoms with E-state index in [1.54, 1.807) is 24.4 Å². The van der Waals surface area contributed by atoms with E-state index >= 15 is 0 Å². The van der Waals surface area contributed by atoms with Crippen molar-refractivity contribution < 1.29 is 18.0 Å². The lowest BCUT2D eigenvalue weighted by atomic mass is 10.2. The summed E-state index contributed by atoms with van der Waals surface area (Å²) in [6.45, 7) is 1.55. The molecular weight excluding hydrogens is 435 g/mol. The number of fused-ring (bicyclic) bond motifs is 1. The number of nitrogens with zero attached hydrogens (tertiary/aromatic N) is 5. The van der Waals surface area contributed by atoms with Crippen molar-refractivity contribution in [2.45, 2.75) is 19.0 Å². The first-order valence-electron chi connectivity index (χ1n) is 10.3. The summed E-state index contributed by atoms with van der Waals surface area (Å²) in [5.41, 5.74) is 1.19. The number of aromatic amines is 1. The van der Waals surface area contributed by atoms with Crippen LogP contribution in [0.1, 0.15) is 28.9 Å². The fourth-order valence-electron chi connectivity index (χ4n) is 3.64. The molecule has 1 aliphatic heterocycles. The number of halogens is 3. The Kier molecular flexibility index (Phi) is 5.15. The van der Waals surface area contributed by atoms with Crippen LogP contribution in [0.4, 0.5) is 24.8 Å². The summed E-state index contributed by atoms with van der Waals surface area (Å²) in [4.78, 5) is 33.8. The number of amides is 1. The zero-order chi connectivity index (χ0) is 23.0. The number of imidazole rings is 1. The Morgan fingerprint density at radius 1 is 0.970 bits per heavy atom. The molecule has 0 radical (unpaired) electrons. The van der Waals surface area contributed by atoms with Crippen molar-refractivity contribution in [3.05, 3.63) is 60.2 Å². The highest BCUT2D eigenvalue weighted by Gasteiger charge is 2.32. The van der Waals surface area contributed by atoms with E-state index in [4.69, 9.17) is 0 Å². The van der Waals surface area contributed by atoms with Crippen molar-refractivity contribution in [1.82, 2.24) is 29.8 Å². The Labute approximate surface area is 185 Å². The zero-order valence-corrected chi connectivity index (χ0v) is 17.2. The molecule has 2 N–H and O–H groups in total. The van der Waals surface area contributed by atoms with Gasteiger partial charge in [0.25, 0.3) is 5.91 Å². The van der Waals surface area contributed by atoms with Gasteiger partial charge in [-0.25, -0.2) is 15.0 Å². The molecule has 11 heteroatoms. The minimum absolute atomic E-state index is 0.0205. The second kappa shape index (κ2) is 8.15. The summed E-state index contributed by atoms with van der Waals surface area (Å²) in [6, 6.07) is 7.35. The van der Waals surface area contributed by atoms with Gasteiger partial charge in [0.15, 0.2) is 0 Å². The van der Waals surface area contributed by atoms with Gasteiger partial charge in [0, 0.05) is 37.1 Å². The third-order valence-corrected chi connectivity index (χ3v) is 5.35. The first kappa shape index (κ1) is 20.9. The third-order valence-electron chi connectivity index (χ3n) is 5.35. The maximum Gasteiger partial charge on any atom is 0.433 e. The predicted octanol–water partition coefficient (Wildman–Crippen LogP) is 4.41. The van der Waals surface area contributed by atoms with Gasteiger partial charge in [-0.15, -0.1) is 0 Å². The van der Waals surface area contributed by atoms with E-state index in [2.05, 4.69) is 30.2 Å². The molecule has 0 bridgehead atoms. The molecule has 0 unspecified atom stereocenters. The average Bonchev–Trinajstić information content (AvgIpc) is 3.49. The maximum absolute atomic E-state index is 12.7. The van der Waals surface area contributed by atoms with Gasteiger partial charge in [-0.3, -0.25) is 9.78 Å². The van der Waals surface area contributed by atoms with Crippen molar-refractivity contribution in [3.63, 3.8) is 0 Å². The normalized spacial score (nSPS) is 14.1. The van der Waals surface area contributed by atoms with Gasteiger partial charge < -0.3 is 15.2 Å². The monoisotopic (exact) mass is 453 g/mol. The molecule has 168 valence electrons. The maximum atomic E-state index is 12.7. The number of H-pyrrole nitrogens is 1. The molecule has 0 saturated carbocycles. The SMILES string of the molecule is O=C(c1ccc(Nc2cc3nc(-c4ccc(C(F)(F)F)nc4)[nH]c3cn2)nc1)N1CCCC1. The van der Waals surface area contributed by atoms with E-state index in [0.29, 0.717) is 39.6 Å². The first-order valence-corrected chi connectivity index (χ1v) is 10.3. The number of alkyl halides is 3. The molecule has 5 heterocycles. The van der Waals surface area contributed by atoms with Gasteiger partial charge >= 0.3 is 6.18 Å². The zero-order valence-electron chi connectivity index (χ0n) is 17.2. The summed E-state index contributed by atoms with van der Waals surface area (Å²) >= 11 is 0. The Morgan fingerprint density at radius 3 is 2.42 bits per heavy atom. The number of nitrogens with one attached hydrogen (secondary N) is 2. The highest BCUT2D eigenvalue weighted by molar-refractivity contribution is 5.94. The molecule has 0 atom stereocenters. The van der Waals surface area contributed by atoms with Gasteiger partial charge in [0.1, 0.15) is 23.2 Å². The number of hydrogen-bond acceptors (Lipinski definition) is 6. The molecule has 1 aliphatic rings. The van der Waals surface area contributed by atoms with Crippen LogP contribution < -0.4 is 5.32 Å². The predicted molar refractivity (Wildman–Crippen MR) is 115 cm³/mol. The molecule has 0 aromatic carbocycles. The van der Waals surface area contributed by atoms with Gasteiger partial charge in [0.05, 0.1) is 22.8 Å². The number of hydrogen-bond donors (Lipinski definition) is 2. The van der Waals surface area contributed by atoms with Gasteiger partial charge in [-0.2, -0.15) is 13.2 Å². The Hall–Kier alpha value is -4.02.